The van der Waals surface area contributed by atoms with Gasteiger partial charge in [-0.15, -0.1) is 13.2 Å². The van der Waals surface area contributed by atoms with Gasteiger partial charge in [0.15, 0.2) is 0 Å². The average molecular weight is 363 g/mol. The molecule has 0 saturated heterocycles. The highest BCUT2D eigenvalue weighted by atomic mass is 16.5. The predicted octanol–water partition coefficient (Wildman–Crippen LogP) is 7.28. The molecule has 1 nitrogen and oxygen atoms in total. The van der Waals surface area contributed by atoms with Crippen LogP contribution in [0.25, 0.3) is 0 Å². The van der Waals surface area contributed by atoms with Gasteiger partial charge in [-0.05, 0) is 36.8 Å². The third kappa shape index (κ3) is 7.97. The Bertz CT molecular complexity index is 574. The van der Waals surface area contributed by atoms with Crippen molar-refractivity contribution in [3.8, 4) is 0 Å². The van der Waals surface area contributed by atoms with Crippen LogP contribution in [-0.4, -0.2) is 13.2 Å². The molecule has 0 spiro atoms. The number of allylic oxidation sites excluding steroid dienone is 2. The molecular weight excluding hydrogens is 328 g/mol. The fourth-order valence-corrected chi connectivity index (χ4v) is 3.48. The molecular formula is C26H34O. The Balaban J connectivity index is 1.51. The van der Waals surface area contributed by atoms with E-state index in [0.29, 0.717) is 11.8 Å². The molecule has 2 aromatic carbocycles. The lowest BCUT2D eigenvalue weighted by atomic mass is 9.94. The van der Waals surface area contributed by atoms with Crippen LogP contribution in [0.15, 0.2) is 86.0 Å². The zero-order valence-corrected chi connectivity index (χ0v) is 16.6. The van der Waals surface area contributed by atoms with E-state index in [9.17, 15) is 0 Å². The quantitative estimate of drug-likeness (QED) is 0.253. The van der Waals surface area contributed by atoms with Gasteiger partial charge in [-0.3, -0.25) is 0 Å². The highest BCUT2D eigenvalue weighted by Crippen LogP contribution is 2.24. The maximum Gasteiger partial charge on any atom is 0.0466 e. The summed E-state index contributed by atoms with van der Waals surface area (Å²) in [5.41, 5.74) is 2.73. The minimum atomic E-state index is 0.458. The molecule has 0 fully saturated rings. The second-order valence-corrected chi connectivity index (χ2v) is 7.11. The summed E-state index contributed by atoms with van der Waals surface area (Å²) in [6.45, 7) is 9.71. The molecule has 27 heavy (non-hydrogen) atoms. The second-order valence-electron chi connectivity index (χ2n) is 7.11. The molecule has 0 aromatic heterocycles. The van der Waals surface area contributed by atoms with Gasteiger partial charge in [-0.1, -0.05) is 85.7 Å². The number of hydrogen-bond acceptors (Lipinski definition) is 1. The molecule has 144 valence electrons. The van der Waals surface area contributed by atoms with Crippen LogP contribution in [-0.2, 0) is 4.74 Å². The van der Waals surface area contributed by atoms with Crippen molar-refractivity contribution in [1.82, 2.24) is 0 Å². The SMILES string of the molecule is C=CC(CCCCOCCCCC(C=C)c1ccccc1)c1ccccc1. The van der Waals surface area contributed by atoms with Crippen LogP contribution in [0.2, 0.25) is 0 Å². The Kier molecular flexibility index (Phi) is 10.3. The Morgan fingerprint density at radius 2 is 1.04 bits per heavy atom. The van der Waals surface area contributed by atoms with Gasteiger partial charge in [0.25, 0.3) is 0 Å². The van der Waals surface area contributed by atoms with Crippen molar-refractivity contribution in [3.63, 3.8) is 0 Å². The summed E-state index contributed by atoms with van der Waals surface area (Å²) in [5, 5.41) is 0. The van der Waals surface area contributed by atoms with Crippen LogP contribution in [0.3, 0.4) is 0 Å². The van der Waals surface area contributed by atoms with Crippen molar-refractivity contribution in [2.75, 3.05) is 13.2 Å². The van der Waals surface area contributed by atoms with Gasteiger partial charge in [0.1, 0.15) is 0 Å². The molecule has 0 amide bonds. The predicted molar refractivity (Wildman–Crippen MR) is 117 cm³/mol. The minimum Gasteiger partial charge on any atom is -0.381 e. The largest absolute Gasteiger partial charge is 0.381 e. The van der Waals surface area contributed by atoms with Gasteiger partial charge in [-0.2, -0.15) is 0 Å². The van der Waals surface area contributed by atoms with Gasteiger partial charge in [-0.25, -0.2) is 0 Å². The molecule has 2 rings (SSSR count). The molecule has 0 aliphatic rings. The van der Waals surface area contributed by atoms with Crippen molar-refractivity contribution in [2.45, 2.75) is 50.4 Å². The lowest BCUT2D eigenvalue weighted by Crippen LogP contribution is -2.01. The molecule has 0 N–H and O–H groups in total. The van der Waals surface area contributed by atoms with E-state index in [1.807, 2.05) is 0 Å². The van der Waals surface area contributed by atoms with Crippen molar-refractivity contribution < 1.29 is 4.74 Å². The first-order valence-corrected chi connectivity index (χ1v) is 10.3. The number of unbranched alkanes of at least 4 members (excludes halogenated alkanes) is 2. The standard InChI is InChI=1S/C26H34O/c1-3-23(25-17-7-5-8-18-25)15-11-13-21-27-22-14-12-16-24(4-2)26-19-9-6-10-20-26/h3-10,17-20,23-24H,1-2,11-16,21-22H2. The van der Waals surface area contributed by atoms with Crippen LogP contribution >= 0.6 is 0 Å². The number of benzene rings is 2. The van der Waals surface area contributed by atoms with E-state index in [0.717, 1.165) is 38.9 Å². The first-order valence-electron chi connectivity index (χ1n) is 10.3. The van der Waals surface area contributed by atoms with E-state index in [2.05, 4.69) is 86.0 Å². The van der Waals surface area contributed by atoms with Gasteiger partial charge in [0, 0.05) is 25.0 Å². The molecule has 0 radical (unpaired) electrons. The summed E-state index contributed by atoms with van der Waals surface area (Å²) < 4.78 is 5.82. The van der Waals surface area contributed by atoms with Crippen LogP contribution in [0, 0.1) is 0 Å². The summed E-state index contributed by atoms with van der Waals surface area (Å²) in [7, 11) is 0. The molecule has 2 unspecified atom stereocenters. The van der Waals surface area contributed by atoms with E-state index >= 15 is 0 Å². The zero-order chi connectivity index (χ0) is 19.2. The van der Waals surface area contributed by atoms with E-state index < -0.39 is 0 Å². The van der Waals surface area contributed by atoms with Crippen molar-refractivity contribution in [1.29, 1.82) is 0 Å². The van der Waals surface area contributed by atoms with Crippen LogP contribution < -0.4 is 0 Å². The summed E-state index contributed by atoms with van der Waals surface area (Å²) >= 11 is 0. The lowest BCUT2D eigenvalue weighted by molar-refractivity contribution is 0.125. The van der Waals surface area contributed by atoms with Crippen molar-refractivity contribution in [3.05, 3.63) is 97.1 Å². The first kappa shape index (κ1) is 21.2. The van der Waals surface area contributed by atoms with Crippen LogP contribution in [0.5, 0.6) is 0 Å². The number of ether oxygens (including phenoxy) is 1. The normalized spacial score (nSPS) is 13.0. The van der Waals surface area contributed by atoms with E-state index in [-0.39, 0.29) is 0 Å². The summed E-state index contributed by atoms with van der Waals surface area (Å²) in [6, 6.07) is 21.3. The Hall–Kier alpha value is -2.12. The molecule has 0 aliphatic carbocycles. The van der Waals surface area contributed by atoms with Gasteiger partial charge in [0.2, 0.25) is 0 Å². The maximum absolute atomic E-state index is 5.82. The third-order valence-corrected chi connectivity index (χ3v) is 5.13. The molecule has 0 heterocycles. The summed E-state index contributed by atoms with van der Waals surface area (Å²) in [5.74, 6) is 0.917. The molecule has 1 heteroatoms. The van der Waals surface area contributed by atoms with Crippen LogP contribution in [0.4, 0.5) is 0 Å². The second kappa shape index (κ2) is 13.1. The Morgan fingerprint density at radius 3 is 1.41 bits per heavy atom. The lowest BCUT2D eigenvalue weighted by Gasteiger charge is -2.13. The average Bonchev–Trinajstić information content (AvgIpc) is 2.73. The Labute approximate surface area is 165 Å². The van der Waals surface area contributed by atoms with E-state index in [1.165, 1.54) is 24.0 Å². The fourth-order valence-electron chi connectivity index (χ4n) is 3.48. The summed E-state index contributed by atoms with van der Waals surface area (Å²) in [6.07, 6.45) is 11.0. The zero-order valence-electron chi connectivity index (χ0n) is 16.6. The van der Waals surface area contributed by atoms with Gasteiger partial charge < -0.3 is 4.74 Å². The number of rotatable bonds is 14. The highest BCUT2D eigenvalue weighted by molar-refractivity contribution is 5.23. The van der Waals surface area contributed by atoms with E-state index in [4.69, 9.17) is 4.74 Å². The van der Waals surface area contributed by atoms with Gasteiger partial charge in [0.05, 0.1) is 0 Å². The van der Waals surface area contributed by atoms with Gasteiger partial charge >= 0.3 is 0 Å². The maximum atomic E-state index is 5.82. The number of hydrogen-bond donors (Lipinski definition) is 0. The highest BCUT2D eigenvalue weighted by Gasteiger charge is 2.07. The molecule has 2 atom stereocenters. The topological polar surface area (TPSA) is 9.23 Å². The Morgan fingerprint density at radius 1 is 0.630 bits per heavy atom. The molecule has 2 aromatic rings. The van der Waals surface area contributed by atoms with Crippen molar-refractivity contribution >= 4 is 0 Å². The first-order chi connectivity index (χ1) is 13.3. The van der Waals surface area contributed by atoms with E-state index in [1.54, 1.807) is 0 Å². The third-order valence-electron chi connectivity index (χ3n) is 5.13. The monoisotopic (exact) mass is 362 g/mol. The molecule has 0 aliphatic heterocycles. The molecule has 0 saturated carbocycles. The minimum absolute atomic E-state index is 0.458. The smallest absolute Gasteiger partial charge is 0.0466 e. The fraction of sp³-hybridized carbons (Fsp3) is 0.385. The van der Waals surface area contributed by atoms with Crippen molar-refractivity contribution in [2.24, 2.45) is 0 Å². The van der Waals surface area contributed by atoms with Crippen LogP contribution in [0.1, 0.15) is 61.5 Å². The molecule has 0 bridgehead atoms. The summed E-state index contributed by atoms with van der Waals surface area (Å²) in [4.78, 5) is 0.